The summed E-state index contributed by atoms with van der Waals surface area (Å²) in [5, 5.41) is 0. The monoisotopic (exact) mass is 283 g/mol. The molecule has 0 radical (unpaired) electrons. The van der Waals surface area contributed by atoms with E-state index in [1.807, 2.05) is 24.3 Å². The van der Waals surface area contributed by atoms with Crippen LogP contribution in [0.25, 0.3) is 5.57 Å². The minimum atomic E-state index is 0.176. The predicted octanol–water partition coefficient (Wildman–Crippen LogP) is 3.54. The third-order valence-corrected chi connectivity index (χ3v) is 3.62. The zero-order valence-corrected chi connectivity index (χ0v) is 12.5. The van der Waals surface area contributed by atoms with Gasteiger partial charge in [0.25, 0.3) is 0 Å². The number of rotatable bonds is 5. The molecule has 1 aliphatic rings. The van der Waals surface area contributed by atoms with Crippen molar-refractivity contribution in [3.05, 3.63) is 77.6 Å². The topological polar surface area (TPSA) is 44.5 Å². The van der Waals surface area contributed by atoms with E-state index in [1.54, 1.807) is 7.11 Å². The molecule has 2 rings (SSSR count). The Morgan fingerprint density at radius 2 is 2.05 bits per heavy atom. The minimum absolute atomic E-state index is 0.176. The lowest BCUT2D eigenvalue weighted by Gasteiger charge is -2.17. The largest absolute Gasteiger partial charge is 0.412 e. The van der Waals surface area contributed by atoms with Crippen molar-refractivity contribution in [3.63, 3.8) is 0 Å². The third kappa shape index (κ3) is 3.51. The Bertz CT molecular complexity index is 611. The third-order valence-electron chi connectivity index (χ3n) is 3.62. The van der Waals surface area contributed by atoms with Crippen LogP contribution < -0.4 is 5.90 Å². The second kappa shape index (κ2) is 7.07. The predicted molar refractivity (Wildman–Crippen MR) is 86.2 cm³/mol. The van der Waals surface area contributed by atoms with Gasteiger partial charge < -0.3 is 9.57 Å². The van der Waals surface area contributed by atoms with Crippen molar-refractivity contribution in [2.45, 2.75) is 6.92 Å². The Hall–Kier alpha value is -2.10. The second-order valence-electron chi connectivity index (χ2n) is 5.02. The molecule has 21 heavy (non-hydrogen) atoms. The molecule has 0 aliphatic heterocycles. The first kappa shape index (κ1) is 15.3. The zero-order valence-electron chi connectivity index (χ0n) is 12.5. The molecule has 1 aromatic rings. The number of hydrogen-bond acceptors (Lipinski definition) is 3. The average Bonchev–Trinajstić information content (AvgIpc) is 2.70. The van der Waals surface area contributed by atoms with E-state index in [4.69, 9.17) is 15.5 Å². The highest BCUT2D eigenvalue weighted by atomic mass is 16.6. The maximum Gasteiger partial charge on any atom is 0.146 e. The summed E-state index contributed by atoms with van der Waals surface area (Å²) in [6, 6.07) is 8.34. The first-order valence-corrected chi connectivity index (χ1v) is 6.88. The van der Waals surface area contributed by atoms with E-state index >= 15 is 0 Å². The van der Waals surface area contributed by atoms with Crippen molar-refractivity contribution in [2.24, 2.45) is 11.8 Å². The summed E-state index contributed by atoms with van der Waals surface area (Å²) in [5.41, 5.74) is 4.54. The molecule has 110 valence electrons. The average molecular weight is 283 g/mol. The quantitative estimate of drug-likeness (QED) is 0.664. The van der Waals surface area contributed by atoms with Crippen LogP contribution in [0.2, 0.25) is 0 Å². The van der Waals surface area contributed by atoms with Gasteiger partial charge in [0.1, 0.15) is 5.76 Å². The van der Waals surface area contributed by atoms with E-state index in [9.17, 15) is 0 Å². The van der Waals surface area contributed by atoms with Gasteiger partial charge in [0.05, 0.1) is 6.61 Å². The van der Waals surface area contributed by atoms with Crippen molar-refractivity contribution < 1.29 is 9.57 Å². The molecule has 0 heterocycles. The Labute approximate surface area is 126 Å². The molecule has 1 aliphatic carbocycles. The second-order valence-corrected chi connectivity index (χ2v) is 5.02. The molecule has 1 atom stereocenters. The Balaban J connectivity index is 2.46. The zero-order chi connectivity index (χ0) is 15.2. The van der Waals surface area contributed by atoms with Crippen LogP contribution in [-0.2, 0) is 9.57 Å². The molecule has 0 aromatic heterocycles. The summed E-state index contributed by atoms with van der Waals surface area (Å²) in [6.45, 7) is 6.53. The van der Waals surface area contributed by atoms with Crippen LogP contribution in [0.4, 0.5) is 0 Å². The lowest BCUT2D eigenvalue weighted by Crippen LogP contribution is -2.08. The van der Waals surface area contributed by atoms with Crippen LogP contribution in [0, 0.1) is 12.8 Å². The van der Waals surface area contributed by atoms with Crippen molar-refractivity contribution in [3.8, 4) is 0 Å². The highest BCUT2D eigenvalue weighted by Crippen LogP contribution is 2.30. The fourth-order valence-corrected chi connectivity index (χ4v) is 2.45. The van der Waals surface area contributed by atoms with E-state index in [-0.39, 0.29) is 5.92 Å². The molecular formula is C18H21NO2. The normalized spacial score (nSPS) is 17.8. The number of nitrogens with two attached hydrogens (primary N) is 1. The molecule has 0 spiro atoms. The van der Waals surface area contributed by atoms with Gasteiger partial charge in [-0.3, -0.25) is 0 Å². The van der Waals surface area contributed by atoms with Gasteiger partial charge in [0.15, 0.2) is 0 Å². The minimum Gasteiger partial charge on any atom is -0.412 e. The lowest BCUT2D eigenvalue weighted by atomic mass is 9.90. The number of aryl methyl sites for hydroxylation is 1. The van der Waals surface area contributed by atoms with E-state index in [2.05, 4.69) is 37.8 Å². The summed E-state index contributed by atoms with van der Waals surface area (Å²) in [7, 11) is 1.71. The Kier molecular flexibility index (Phi) is 5.14. The maximum absolute atomic E-state index is 5.36. The fourth-order valence-electron chi connectivity index (χ4n) is 2.45. The lowest BCUT2D eigenvalue weighted by molar-refractivity contribution is 0.186. The van der Waals surface area contributed by atoms with Gasteiger partial charge in [-0.1, -0.05) is 55.1 Å². The summed E-state index contributed by atoms with van der Waals surface area (Å²) >= 11 is 0. The van der Waals surface area contributed by atoms with E-state index in [1.165, 1.54) is 16.7 Å². The van der Waals surface area contributed by atoms with Gasteiger partial charge in [0, 0.05) is 18.6 Å². The van der Waals surface area contributed by atoms with Crippen LogP contribution in [0.5, 0.6) is 0 Å². The molecule has 3 nitrogen and oxygen atoms in total. The number of allylic oxidation sites excluding steroid dienone is 3. The summed E-state index contributed by atoms with van der Waals surface area (Å²) in [4.78, 5) is 4.73. The SMILES string of the molecule is C=C(ON)C1=CC=C(c2ccccc2C)C(COC)C=C1. The number of benzene rings is 1. The van der Waals surface area contributed by atoms with Crippen molar-refractivity contribution in [1.82, 2.24) is 0 Å². The molecular weight excluding hydrogens is 262 g/mol. The standard InChI is InChI=1S/C18H21NO2/c1-13-6-4-5-7-17(13)18-11-10-15(14(2)21-19)8-9-16(18)12-20-3/h4-11,16H,2,12,19H2,1,3H3. The highest BCUT2D eigenvalue weighted by Gasteiger charge is 2.17. The van der Waals surface area contributed by atoms with Gasteiger partial charge >= 0.3 is 0 Å². The molecule has 2 N–H and O–H groups in total. The van der Waals surface area contributed by atoms with Crippen LogP contribution in [0.15, 0.2) is 66.5 Å². The van der Waals surface area contributed by atoms with Crippen molar-refractivity contribution in [2.75, 3.05) is 13.7 Å². The van der Waals surface area contributed by atoms with E-state index < -0.39 is 0 Å². The molecule has 0 saturated carbocycles. The van der Waals surface area contributed by atoms with Crippen LogP contribution in [0.3, 0.4) is 0 Å². The number of ether oxygens (including phenoxy) is 1. The van der Waals surface area contributed by atoms with Gasteiger partial charge in [-0.25, -0.2) is 0 Å². The van der Waals surface area contributed by atoms with Gasteiger partial charge in [-0.05, 0) is 23.6 Å². The molecule has 0 saturated heterocycles. The summed E-state index contributed by atoms with van der Waals surface area (Å²) in [5.74, 6) is 5.82. The smallest absolute Gasteiger partial charge is 0.146 e. The number of methoxy groups -OCH3 is 1. The molecule has 0 bridgehead atoms. The molecule has 0 fully saturated rings. The van der Waals surface area contributed by atoms with Crippen LogP contribution in [0.1, 0.15) is 11.1 Å². The van der Waals surface area contributed by atoms with E-state index in [0.717, 1.165) is 5.57 Å². The number of hydrogen-bond donors (Lipinski definition) is 1. The van der Waals surface area contributed by atoms with Crippen molar-refractivity contribution in [1.29, 1.82) is 0 Å². The van der Waals surface area contributed by atoms with Crippen LogP contribution >= 0.6 is 0 Å². The van der Waals surface area contributed by atoms with E-state index in [0.29, 0.717) is 12.4 Å². The van der Waals surface area contributed by atoms with Gasteiger partial charge in [-0.15, -0.1) is 0 Å². The summed E-state index contributed by atoms with van der Waals surface area (Å²) in [6.07, 6.45) is 8.14. The summed E-state index contributed by atoms with van der Waals surface area (Å²) < 4.78 is 5.36. The van der Waals surface area contributed by atoms with Gasteiger partial charge in [0.2, 0.25) is 0 Å². The van der Waals surface area contributed by atoms with Gasteiger partial charge in [-0.2, -0.15) is 5.90 Å². The molecule has 1 aromatic carbocycles. The molecule has 3 heteroatoms. The Morgan fingerprint density at radius 3 is 2.71 bits per heavy atom. The fraction of sp³-hybridized carbons (Fsp3) is 0.222. The van der Waals surface area contributed by atoms with Crippen LogP contribution in [-0.4, -0.2) is 13.7 Å². The molecule has 0 amide bonds. The Morgan fingerprint density at radius 1 is 1.29 bits per heavy atom. The first-order valence-electron chi connectivity index (χ1n) is 6.88. The molecule has 1 unspecified atom stereocenters. The van der Waals surface area contributed by atoms with Crippen molar-refractivity contribution >= 4 is 5.57 Å². The highest BCUT2D eigenvalue weighted by molar-refractivity contribution is 5.74. The first-order chi connectivity index (χ1) is 10.2. The maximum atomic E-state index is 5.36.